The van der Waals surface area contributed by atoms with Gasteiger partial charge in [-0.3, -0.25) is 4.79 Å². The first-order chi connectivity index (χ1) is 8.15. The molecule has 3 N–H and O–H groups in total. The zero-order valence-corrected chi connectivity index (χ0v) is 10.5. The lowest BCUT2D eigenvalue weighted by atomic mass is 10.1. The lowest BCUT2D eigenvalue weighted by Gasteiger charge is -2.08. The van der Waals surface area contributed by atoms with E-state index in [0.29, 0.717) is 17.8 Å². The number of anilines is 1. The average molecular weight is 236 g/mol. The fourth-order valence-corrected chi connectivity index (χ4v) is 1.54. The Kier molecular flexibility index (Phi) is 5.49. The first-order valence-electron chi connectivity index (χ1n) is 5.78. The van der Waals surface area contributed by atoms with Crippen LogP contribution in [-0.4, -0.2) is 26.2 Å². The predicted octanol–water partition coefficient (Wildman–Crippen LogP) is 1.73. The molecule has 0 aliphatic rings. The van der Waals surface area contributed by atoms with E-state index in [9.17, 15) is 4.79 Å². The van der Waals surface area contributed by atoms with Crippen molar-refractivity contribution in [1.82, 2.24) is 5.32 Å². The van der Waals surface area contributed by atoms with Crippen LogP contribution in [0.25, 0.3) is 0 Å². The summed E-state index contributed by atoms with van der Waals surface area (Å²) in [7, 11) is 1.67. The highest BCUT2D eigenvalue weighted by molar-refractivity contribution is 5.99. The highest BCUT2D eigenvalue weighted by Crippen LogP contribution is 2.13. The number of benzene rings is 1. The predicted molar refractivity (Wildman–Crippen MR) is 69.0 cm³/mol. The van der Waals surface area contributed by atoms with E-state index >= 15 is 0 Å². The van der Waals surface area contributed by atoms with Crippen LogP contribution in [0.5, 0.6) is 0 Å². The van der Waals surface area contributed by atoms with Crippen LogP contribution in [0.1, 0.15) is 28.8 Å². The van der Waals surface area contributed by atoms with Crippen LogP contribution in [0.3, 0.4) is 0 Å². The van der Waals surface area contributed by atoms with Crippen molar-refractivity contribution in [3.05, 3.63) is 29.3 Å². The van der Waals surface area contributed by atoms with Gasteiger partial charge in [0.15, 0.2) is 0 Å². The second-order valence-electron chi connectivity index (χ2n) is 4.05. The number of hydrogen-bond donors (Lipinski definition) is 2. The van der Waals surface area contributed by atoms with Gasteiger partial charge in [0.2, 0.25) is 0 Å². The van der Waals surface area contributed by atoms with Crippen molar-refractivity contribution in [2.75, 3.05) is 26.0 Å². The summed E-state index contributed by atoms with van der Waals surface area (Å²) in [6.07, 6.45) is 1.85. The summed E-state index contributed by atoms with van der Waals surface area (Å²) in [4.78, 5) is 11.8. The van der Waals surface area contributed by atoms with Gasteiger partial charge in [0, 0.05) is 25.9 Å². The van der Waals surface area contributed by atoms with Crippen LogP contribution in [-0.2, 0) is 4.74 Å². The van der Waals surface area contributed by atoms with Crippen LogP contribution in [0.2, 0.25) is 0 Å². The fraction of sp³-hybridized carbons (Fsp3) is 0.462. The molecule has 4 nitrogen and oxygen atoms in total. The summed E-state index contributed by atoms with van der Waals surface area (Å²) < 4.78 is 4.94. The topological polar surface area (TPSA) is 64.3 Å². The number of unbranched alkanes of at least 4 members (excludes halogenated alkanes) is 1. The van der Waals surface area contributed by atoms with Crippen molar-refractivity contribution in [2.45, 2.75) is 19.8 Å². The lowest BCUT2D eigenvalue weighted by molar-refractivity contribution is 0.0952. The number of methoxy groups -OCH3 is 1. The lowest BCUT2D eigenvalue weighted by Crippen LogP contribution is -2.25. The summed E-state index contributed by atoms with van der Waals surface area (Å²) in [5, 5.41) is 2.85. The Morgan fingerprint density at radius 1 is 1.41 bits per heavy atom. The van der Waals surface area contributed by atoms with Crippen molar-refractivity contribution in [2.24, 2.45) is 0 Å². The zero-order chi connectivity index (χ0) is 12.7. The Balaban J connectivity index is 2.44. The number of carbonyl (C=O) groups is 1. The third-order valence-electron chi connectivity index (χ3n) is 2.51. The maximum Gasteiger partial charge on any atom is 0.253 e. The fourth-order valence-electron chi connectivity index (χ4n) is 1.54. The molecule has 0 spiro atoms. The maximum atomic E-state index is 11.8. The molecule has 4 heteroatoms. The third-order valence-corrected chi connectivity index (χ3v) is 2.51. The molecule has 0 radical (unpaired) electrons. The molecule has 0 unspecified atom stereocenters. The van der Waals surface area contributed by atoms with Crippen LogP contribution in [0.15, 0.2) is 18.2 Å². The number of aryl methyl sites for hydroxylation is 1. The van der Waals surface area contributed by atoms with Crippen molar-refractivity contribution < 1.29 is 9.53 Å². The minimum atomic E-state index is -0.108. The molecule has 94 valence electrons. The maximum absolute atomic E-state index is 11.8. The van der Waals surface area contributed by atoms with E-state index in [1.165, 1.54) is 0 Å². The Morgan fingerprint density at radius 2 is 2.18 bits per heavy atom. The van der Waals surface area contributed by atoms with Gasteiger partial charge in [-0.05, 0) is 31.9 Å². The molecule has 0 atom stereocenters. The number of nitrogen functional groups attached to an aromatic ring is 1. The number of nitrogens with two attached hydrogens (primary N) is 1. The number of amides is 1. The first-order valence-corrected chi connectivity index (χ1v) is 5.78. The molecular formula is C13H20N2O2. The molecular weight excluding hydrogens is 216 g/mol. The molecule has 0 heterocycles. The van der Waals surface area contributed by atoms with Gasteiger partial charge in [-0.1, -0.05) is 11.6 Å². The van der Waals surface area contributed by atoms with Gasteiger partial charge in [0.1, 0.15) is 0 Å². The molecule has 0 saturated carbocycles. The molecule has 1 rings (SSSR count). The van der Waals surface area contributed by atoms with Gasteiger partial charge in [0.05, 0.1) is 5.56 Å². The van der Waals surface area contributed by atoms with E-state index in [1.807, 2.05) is 13.0 Å². The van der Waals surface area contributed by atoms with Gasteiger partial charge in [0.25, 0.3) is 5.91 Å². The number of nitrogens with one attached hydrogen (secondary N) is 1. The number of ether oxygens (including phenoxy) is 1. The van der Waals surface area contributed by atoms with Crippen LogP contribution in [0.4, 0.5) is 5.69 Å². The van der Waals surface area contributed by atoms with Crippen molar-refractivity contribution in [3.8, 4) is 0 Å². The summed E-state index contributed by atoms with van der Waals surface area (Å²) in [5.74, 6) is -0.108. The molecule has 1 aromatic rings. The molecule has 0 aliphatic carbocycles. The smallest absolute Gasteiger partial charge is 0.253 e. The van der Waals surface area contributed by atoms with Crippen LogP contribution < -0.4 is 11.1 Å². The summed E-state index contributed by atoms with van der Waals surface area (Å²) in [6, 6.07) is 5.46. The minimum Gasteiger partial charge on any atom is -0.398 e. The molecule has 17 heavy (non-hydrogen) atoms. The highest BCUT2D eigenvalue weighted by atomic mass is 16.5. The highest BCUT2D eigenvalue weighted by Gasteiger charge is 2.08. The van der Waals surface area contributed by atoms with Crippen molar-refractivity contribution in [3.63, 3.8) is 0 Å². The SMILES string of the molecule is COCCCCNC(=O)c1cc(C)ccc1N. The molecule has 0 aliphatic heterocycles. The Labute approximate surface area is 102 Å². The Morgan fingerprint density at radius 3 is 2.88 bits per heavy atom. The van der Waals surface area contributed by atoms with Crippen LogP contribution >= 0.6 is 0 Å². The van der Waals surface area contributed by atoms with E-state index in [2.05, 4.69) is 5.32 Å². The third kappa shape index (κ3) is 4.44. The van der Waals surface area contributed by atoms with Gasteiger partial charge in [-0.15, -0.1) is 0 Å². The first kappa shape index (κ1) is 13.5. The van der Waals surface area contributed by atoms with E-state index in [1.54, 1.807) is 19.2 Å². The van der Waals surface area contributed by atoms with E-state index in [0.717, 1.165) is 25.0 Å². The summed E-state index contributed by atoms with van der Waals surface area (Å²) in [5.41, 5.74) is 7.86. The number of rotatable bonds is 6. The monoisotopic (exact) mass is 236 g/mol. The molecule has 0 fully saturated rings. The normalized spacial score (nSPS) is 10.2. The standard InChI is InChI=1S/C13H20N2O2/c1-10-5-6-12(14)11(9-10)13(16)15-7-3-4-8-17-2/h5-6,9H,3-4,7-8,14H2,1-2H3,(H,15,16). The summed E-state index contributed by atoms with van der Waals surface area (Å²) in [6.45, 7) is 3.31. The Bertz CT molecular complexity index is 378. The zero-order valence-electron chi connectivity index (χ0n) is 10.5. The minimum absolute atomic E-state index is 0.108. The molecule has 0 saturated heterocycles. The Hall–Kier alpha value is -1.55. The van der Waals surface area contributed by atoms with Gasteiger partial charge in [-0.25, -0.2) is 0 Å². The van der Waals surface area contributed by atoms with Crippen molar-refractivity contribution in [1.29, 1.82) is 0 Å². The van der Waals surface area contributed by atoms with Gasteiger partial charge < -0.3 is 15.8 Å². The number of carbonyl (C=O) groups excluding carboxylic acids is 1. The van der Waals surface area contributed by atoms with Gasteiger partial charge in [-0.2, -0.15) is 0 Å². The van der Waals surface area contributed by atoms with Gasteiger partial charge >= 0.3 is 0 Å². The second kappa shape index (κ2) is 6.91. The molecule has 0 bridgehead atoms. The van der Waals surface area contributed by atoms with E-state index < -0.39 is 0 Å². The molecule has 1 aromatic carbocycles. The largest absolute Gasteiger partial charge is 0.398 e. The average Bonchev–Trinajstić information content (AvgIpc) is 2.32. The number of hydrogen-bond acceptors (Lipinski definition) is 3. The van der Waals surface area contributed by atoms with Crippen molar-refractivity contribution >= 4 is 11.6 Å². The second-order valence-corrected chi connectivity index (χ2v) is 4.05. The molecule has 1 amide bonds. The van der Waals surface area contributed by atoms with Crippen LogP contribution in [0, 0.1) is 6.92 Å². The molecule has 0 aromatic heterocycles. The van der Waals surface area contributed by atoms with E-state index in [4.69, 9.17) is 10.5 Å². The van der Waals surface area contributed by atoms with E-state index in [-0.39, 0.29) is 5.91 Å². The quantitative estimate of drug-likeness (QED) is 0.584. The summed E-state index contributed by atoms with van der Waals surface area (Å²) >= 11 is 0.